The Hall–Kier alpha value is -2.25. The van der Waals surface area contributed by atoms with Crippen molar-refractivity contribution in [2.24, 2.45) is 5.73 Å². The lowest BCUT2D eigenvalue weighted by atomic mass is 10.0. The Bertz CT molecular complexity index is 940. The molecular weight excluding hydrogens is 394 g/mol. The number of nitrogens with two attached hydrogens (primary N) is 1. The van der Waals surface area contributed by atoms with Gasteiger partial charge in [-0.05, 0) is 46.5 Å². The quantitative estimate of drug-likeness (QED) is 0.641. The normalized spacial score (nSPS) is 17.6. The number of piperidine rings is 1. The molecule has 1 fully saturated rings. The number of hydrogen-bond acceptors (Lipinski definition) is 5. The Morgan fingerprint density at radius 3 is 3.04 bits per heavy atom. The van der Waals surface area contributed by atoms with Gasteiger partial charge >= 0.3 is 0 Å². The largest absolute Gasteiger partial charge is 0.368 e. The van der Waals surface area contributed by atoms with Crippen molar-refractivity contribution in [2.45, 2.75) is 25.3 Å². The molecule has 1 aliphatic rings. The van der Waals surface area contributed by atoms with Crippen LogP contribution in [-0.4, -0.2) is 39.9 Å². The Labute approximate surface area is 159 Å². The molecule has 4 heterocycles. The van der Waals surface area contributed by atoms with Gasteiger partial charge in [0.15, 0.2) is 5.78 Å². The van der Waals surface area contributed by atoms with E-state index in [1.807, 2.05) is 12.3 Å². The van der Waals surface area contributed by atoms with Crippen LogP contribution in [0.4, 0.5) is 5.69 Å². The van der Waals surface area contributed by atoms with Crippen LogP contribution in [0.1, 0.15) is 28.9 Å². The van der Waals surface area contributed by atoms with Crippen molar-refractivity contribution in [1.82, 2.24) is 15.0 Å². The van der Waals surface area contributed by atoms with Crippen LogP contribution in [0.2, 0.25) is 0 Å². The van der Waals surface area contributed by atoms with Crippen LogP contribution in [0.25, 0.3) is 11.0 Å². The summed E-state index contributed by atoms with van der Waals surface area (Å²) in [5, 5.41) is 0.984. The Balaban J connectivity index is 1.74. The summed E-state index contributed by atoms with van der Waals surface area (Å²) in [5.41, 5.74) is 9.44. The van der Waals surface area contributed by atoms with Crippen molar-refractivity contribution < 1.29 is 4.79 Å². The summed E-state index contributed by atoms with van der Waals surface area (Å²) < 4.78 is 0.922. The SMILES string of the molecule is N[C@@H]1CCCN(c2c(Br)cnc3[nH]cc(CC(=O)c4ccccn4)c23)C1. The number of Topliss-reactive ketones (excluding diaryl/α,β-unsaturated/α-hetero) is 1. The second-order valence-electron chi connectivity index (χ2n) is 6.66. The van der Waals surface area contributed by atoms with Crippen LogP contribution in [-0.2, 0) is 6.42 Å². The maximum atomic E-state index is 12.6. The van der Waals surface area contributed by atoms with Crippen molar-refractivity contribution in [1.29, 1.82) is 0 Å². The van der Waals surface area contributed by atoms with Gasteiger partial charge in [0.25, 0.3) is 0 Å². The van der Waals surface area contributed by atoms with Gasteiger partial charge < -0.3 is 15.6 Å². The van der Waals surface area contributed by atoms with Gasteiger partial charge in [-0.15, -0.1) is 0 Å². The number of fused-ring (bicyclic) bond motifs is 1. The first-order valence-corrected chi connectivity index (χ1v) is 9.52. The van der Waals surface area contributed by atoms with E-state index in [1.165, 1.54) is 0 Å². The highest BCUT2D eigenvalue weighted by Gasteiger charge is 2.24. The van der Waals surface area contributed by atoms with Gasteiger partial charge in [-0.2, -0.15) is 0 Å². The average Bonchev–Trinajstić information content (AvgIpc) is 3.05. The molecule has 1 aliphatic heterocycles. The zero-order valence-electron chi connectivity index (χ0n) is 14.3. The minimum Gasteiger partial charge on any atom is -0.368 e. The number of hydrogen-bond donors (Lipinski definition) is 2. The maximum Gasteiger partial charge on any atom is 0.185 e. The first kappa shape index (κ1) is 17.2. The molecule has 0 unspecified atom stereocenters. The molecule has 1 atom stereocenters. The van der Waals surface area contributed by atoms with E-state index in [-0.39, 0.29) is 18.2 Å². The van der Waals surface area contributed by atoms with Gasteiger partial charge in [0, 0.05) is 49.5 Å². The second-order valence-corrected chi connectivity index (χ2v) is 7.51. The number of carbonyl (C=O) groups is 1. The number of pyridine rings is 2. The van der Waals surface area contributed by atoms with Crippen LogP contribution in [0.5, 0.6) is 0 Å². The van der Waals surface area contributed by atoms with E-state index in [4.69, 9.17) is 5.73 Å². The summed E-state index contributed by atoms with van der Waals surface area (Å²) in [6, 6.07) is 5.54. The Morgan fingerprint density at radius 2 is 2.27 bits per heavy atom. The minimum absolute atomic E-state index is 0.00669. The molecule has 0 spiro atoms. The first-order valence-electron chi connectivity index (χ1n) is 8.72. The Kier molecular flexibility index (Phi) is 4.74. The zero-order valence-corrected chi connectivity index (χ0v) is 15.9. The monoisotopic (exact) mass is 413 g/mol. The number of nitrogens with zero attached hydrogens (tertiary/aromatic N) is 3. The van der Waals surface area contributed by atoms with Crippen LogP contribution >= 0.6 is 15.9 Å². The molecule has 0 aliphatic carbocycles. The van der Waals surface area contributed by atoms with E-state index in [0.29, 0.717) is 5.69 Å². The summed E-state index contributed by atoms with van der Waals surface area (Å²) in [6.07, 6.45) is 7.70. The van der Waals surface area contributed by atoms with E-state index in [0.717, 1.165) is 52.7 Å². The fourth-order valence-corrected chi connectivity index (χ4v) is 4.12. The highest BCUT2D eigenvalue weighted by molar-refractivity contribution is 9.10. The highest BCUT2D eigenvalue weighted by Crippen LogP contribution is 2.37. The molecule has 6 nitrogen and oxygen atoms in total. The number of nitrogens with one attached hydrogen (secondary N) is 1. The molecule has 26 heavy (non-hydrogen) atoms. The standard InChI is InChI=1S/C19H20BrN5O/c20-14-10-24-19-17(18(14)25-7-3-4-13(21)11-25)12(9-23-19)8-16(26)15-5-1-2-6-22-15/h1-2,5-6,9-10,13H,3-4,7-8,11,21H2,(H,23,24)/t13-/m1/s1. The number of anilines is 1. The predicted octanol–water partition coefficient (Wildman–Crippen LogP) is 3.07. The molecule has 4 rings (SSSR count). The molecule has 0 amide bonds. The number of rotatable bonds is 4. The summed E-state index contributed by atoms with van der Waals surface area (Å²) in [4.78, 5) is 26.8. The third-order valence-electron chi connectivity index (χ3n) is 4.79. The molecule has 3 aromatic rings. The number of carbonyl (C=O) groups excluding carboxylic acids is 1. The summed E-state index contributed by atoms with van der Waals surface area (Å²) in [6.45, 7) is 1.75. The van der Waals surface area contributed by atoms with Crippen LogP contribution in [0.15, 0.2) is 41.3 Å². The van der Waals surface area contributed by atoms with E-state index >= 15 is 0 Å². The van der Waals surface area contributed by atoms with E-state index in [9.17, 15) is 4.79 Å². The maximum absolute atomic E-state index is 12.6. The Morgan fingerprint density at radius 1 is 1.38 bits per heavy atom. The molecule has 0 bridgehead atoms. The number of ketones is 1. The molecule has 134 valence electrons. The molecule has 0 saturated carbocycles. The van der Waals surface area contributed by atoms with Crippen molar-refractivity contribution in [3.8, 4) is 0 Å². The summed E-state index contributed by atoms with van der Waals surface area (Å²) >= 11 is 3.65. The summed E-state index contributed by atoms with van der Waals surface area (Å²) in [7, 11) is 0. The van der Waals surface area contributed by atoms with Gasteiger partial charge in [0.05, 0.1) is 10.2 Å². The third kappa shape index (κ3) is 3.24. The minimum atomic E-state index is -0.00669. The van der Waals surface area contributed by atoms with Gasteiger partial charge in [-0.25, -0.2) is 4.98 Å². The topological polar surface area (TPSA) is 87.9 Å². The molecular formula is C19H20BrN5O. The van der Waals surface area contributed by atoms with Crippen LogP contribution in [0.3, 0.4) is 0 Å². The van der Waals surface area contributed by atoms with Crippen LogP contribution < -0.4 is 10.6 Å². The molecule has 0 aromatic carbocycles. The van der Waals surface area contributed by atoms with Gasteiger partial charge in [-0.1, -0.05) is 6.07 Å². The molecule has 0 radical (unpaired) electrons. The van der Waals surface area contributed by atoms with Crippen LogP contribution in [0, 0.1) is 0 Å². The summed E-state index contributed by atoms with van der Waals surface area (Å²) in [5.74, 6) is -0.00669. The lowest BCUT2D eigenvalue weighted by Crippen LogP contribution is -2.43. The number of aromatic nitrogens is 3. The number of H-pyrrole nitrogens is 1. The lowest BCUT2D eigenvalue weighted by molar-refractivity contribution is 0.0988. The van der Waals surface area contributed by atoms with Gasteiger partial charge in [-0.3, -0.25) is 9.78 Å². The lowest BCUT2D eigenvalue weighted by Gasteiger charge is -2.33. The number of halogens is 1. The van der Waals surface area contributed by atoms with E-state index < -0.39 is 0 Å². The average molecular weight is 414 g/mol. The zero-order chi connectivity index (χ0) is 18.1. The fraction of sp³-hybridized carbons (Fsp3) is 0.316. The molecule has 3 aromatic heterocycles. The van der Waals surface area contributed by atoms with Crippen molar-refractivity contribution >= 4 is 38.4 Å². The highest BCUT2D eigenvalue weighted by atomic mass is 79.9. The molecule has 1 saturated heterocycles. The van der Waals surface area contributed by atoms with E-state index in [1.54, 1.807) is 24.5 Å². The van der Waals surface area contributed by atoms with Crippen molar-refractivity contribution in [2.75, 3.05) is 18.0 Å². The fourth-order valence-electron chi connectivity index (χ4n) is 3.57. The second kappa shape index (κ2) is 7.17. The van der Waals surface area contributed by atoms with Crippen molar-refractivity contribution in [3.05, 3.63) is 52.5 Å². The van der Waals surface area contributed by atoms with Gasteiger partial charge in [0.1, 0.15) is 11.3 Å². The predicted molar refractivity (Wildman–Crippen MR) is 105 cm³/mol. The van der Waals surface area contributed by atoms with Gasteiger partial charge in [0.2, 0.25) is 0 Å². The van der Waals surface area contributed by atoms with Crippen molar-refractivity contribution in [3.63, 3.8) is 0 Å². The van der Waals surface area contributed by atoms with E-state index in [2.05, 4.69) is 35.8 Å². The molecule has 3 N–H and O–H groups in total. The third-order valence-corrected chi connectivity index (χ3v) is 5.37. The first-order chi connectivity index (χ1) is 12.6. The number of aromatic amines is 1. The molecule has 7 heteroatoms. The smallest absolute Gasteiger partial charge is 0.185 e.